The number of pyridine rings is 1. The Kier molecular flexibility index (Phi) is 13.4. The number of hydrogen-bond acceptors (Lipinski definition) is 13. The van der Waals surface area contributed by atoms with Crippen molar-refractivity contribution in [2.45, 2.75) is 145 Å². The van der Waals surface area contributed by atoms with Crippen LogP contribution in [0.25, 0.3) is 44.0 Å². The van der Waals surface area contributed by atoms with Crippen molar-refractivity contribution >= 4 is 56.4 Å². The van der Waals surface area contributed by atoms with Gasteiger partial charge in [0.2, 0.25) is 11.8 Å². The summed E-state index contributed by atoms with van der Waals surface area (Å²) in [5, 5.41) is 35.9. The molecule has 6 aliphatic heterocycles. The van der Waals surface area contributed by atoms with E-state index in [1.165, 1.54) is 34.5 Å². The highest BCUT2D eigenvalue weighted by molar-refractivity contribution is 6.02. The predicted molar refractivity (Wildman–Crippen MR) is 300 cm³/mol. The first-order valence-electron chi connectivity index (χ1n) is 29.4. The third kappa shape index (κ3) is 9.18. The number of β-amino-alcohol motifs (C(OH)–C–C–N with tert-alkyl or cyclic N) is 1. The van der Waals surface area contributed by atoms with E-state index in [0.717, 1.165) is 89.4 Å². The zero-order chi connectivity index (χ0) is 56.3. The highest BCUT2D eigenvalue weighted by Gasteiger charge is 2.59. The number of nitrogens with one attached hydrogen (secondary N) is 1. The predicted octanol–water partition coefficient (Wildman–Crippen LogP) is 8.17. The summed E-state index contributed by atoms with van der Waals surface area (Å²) in [6, 6.07) is 12.0. The number of halogens is 2. The van der Waals surface area contributed by atoms with Crippen LogP contribution in [-0.4, -0.2) is 148 Å². The van der Waals surface area contributed by atoms with Crippen LogP contribution in [0.3, 0.4) is 0 Å². The third-order valence-corrected chi connectivity index (χ3v) is 20.4. The number of carboxylic acid groups (broad SMARTS) is 1. The normalized spacial score (nSPS) is 27.4. The van der Waals surface area contributed by atoms with E-state index >= 15 is 8.78 Å². The molecule has 13 rings (SSSR count). The molecule has 6 saturated heterocycles. The van der Waals surface area contributed by atoms with Gasteiger partial charge in [-0.05, 0) is 186 Å². The van der Waals surface area contributed by atoms with Crippen LogP contribution < -0.4 is 20.6 Å². The zero-order valence-corrected chi connectivity index (χ0v) is 46.4. The Hall–Kier alpha value is -6.77. The maximum Gasteiger partial charge on any atom is 0.407 e. The molecule has 3 aromatic carbocycles. The molecule has 3 amide bonds. The number of hydrogen-bond donors (Lipinski definition) is 4. The first-order valence-corrected chi connectivity index (χ1v) is 29.4. The van der Waals surface area contributed by atoms with Gasteiger partial charge in [-0.2, -0.15) is 9.97 Å². The molecule has 6 aromatic rings. The molecule has 7 fully saturated rings. The van der Waals surface area contributed by atoms with Gasteiger partial charge in [-0.15, -0.1) is 0 Å². The average molecular weight is 1110 g/mol. The fourth-order valence-corrected chi connectivity index (χ4v) is 16.2. The van der Waals surface area contributed by atoms with E-state index in [9.17, 15) is 34.5 Å². The smallest absolute Gasteiger partial charge is 0.407 e. The zero-order valence-electron chi connectivity index (χ0n) is 46.4. The molecule has 3 unspecified atom stereocenters. The van der Waals surface area contributed by atoms with Crippen LogP contribution in [0.5, 0.6) is 11.8 Å². The average Bonchev–Trinajstić information content (AvgIpc) is 4.24. The molecular formula is C61H72F2N10O8. The summed E-state index contributed by atoms with van der Waals surface area (Å²) >= 11 is 0. The van der Waals surface area contributed by atoms with Crippen LogP contribution >= 0.6 is 0 Å². The van der Waals surface area contributed by atoms with Crippen LogP contribution in [0.2, 0.25) is 0 Å². The number of ether oxygens (including phenoxy) is 1. The van der Waals surface area contributed by atoms with E-state index in [-0.39, 0.29) is 82.4 Å². The first kappa shape index (κ1) is 53.5. The lowest BCUT2D eigenvalue weighted by Crippen LogP contribution is -2.64. The van der Waals surface area contributed by atoms with Gasteiger partial charge in [0.1, 0.15) is 41.2 Å². The highest BCUT2D eigenvalue weighted by Crippen LogP contribution is 2.59. The molecule has 81 heavy (non-hydrogen) atoms. The van der Waals surface area contributed by atoms with Crippen molar-refractivity contribution in [1.29, 1.82) is 0 Å². The topological polar surface area (TPSA) is 212 Å². The van der Waals surface area contributed by atoms with Crippen LogP contribution in [0.15, 0.2) is 53.5 Å². The molecule has 1 saturated carbocycles. The fourth-order valence-electron chi connectivity index (χ4n) is 16.2. The van der Waals surface area contributed by atoms with Crippen molar-refractivity contribution in [2.75, 3.05) is 57.3 Å². The summed E-state index contributed by atoms with van der Waals surface area (Å²) in [6.45, 7) is 8.58. The number of carbonyl (C=O) groups is 3. The van der Waals surface area contributed by atoms with Gasteiger partial charge in [0, 0.05) is 63.5 Å². The Morgan fingerprint density at radius 1 is 0.901 bits per heavy atom. The van der Waals surface area contributed by atoms with Gasteiger partial charge in [-0.3, -0.25) is 33.9 Å². The standard InChI is InChI=1S/C61H72F2N10O8/c1-4-40-44(62)9-7-37-27-39(74)30-41(50(37)40)52-51(63)53-42(32-64-52)54(71-21-5-16-59(2,80)33-71)67-56(66-53)81-34-61-17-6-22-72(61)38(13-18-61)29-43-48(31-60(43)19-25-70(26-20-60)58(78)79)69-23-14-35(15-24-69)36-8-10-45-47(28-36)68(3)57(77)73(45)46-11-12-49(75)65-55(46)76/h7-10,27-28,30,32,35,38,43,46,48,74,80H,4-6,11-26,29,31,33-34H2,1-3H3,(H,78,79)(H,65,75,76)/t38-,43?,46?,48?,59+,61-/m0/s1. The minimum absolute atomic E-state index is 0.0183. The molecule has 18 nitrogen and oxygen atoms in total. The highest BCUT2D eigenvalue weighted by atomic mass is 19.1. The monoisotopic (exact) mass is 1110 g/mol. The van der Waals surface area contributed by atoms with Crippen molar-refractivity contribution in [3.63, 3.8) is 0 Å². The maximum absolute atomic E-state index is 17.5. The second-order valence-electron chi connectivity index (χ2n) is 25.0. The Labute approximate surface area is 468 Å². The minimum atomic E-state index is -1.01. The van der Waals surface area contributed by atoms with E-state index in [1.807, 2.05) is 17.9 Å². The van der Waals surface area contributed by atoms with Gasteiger partial charge >= 0.3 is 17.8 Å². The molecular weight excluding hydrogens is 1040 g/mol. The number of nitrogens with zero attached hydrogens (tertiary/aromatic N) is 9. The van der Waals surface area contributed by atoms with E-state index in [2.05, 4.69) is 32.2 Å². The number of benzene rings is 3. The summed E-state index contributed by atoms with van der Waals surface area (Å²) in [7, 11) is 1.74. The van der Waals surface area contributed by atoms with Gasteiger partial charge in [-0.1, -0.05) is 19.1 Å². The summed E-state index contributed by atoms with van der Waals surface area (Å²) in [6.07, 6.45) is 12.2. The van der Waals surface area contributed by atoms with Gasteiger partial charge in [0.05, 0.1) is 27.6 Å². The largest absolute Gasteiger partial charge is 0.508 e. The lowest BCUT2D eigenvalue weighted by Gasteiger charge is -2.62. The second kappa shape index (κ2) is 20.3. The maximum atomic E-state index is 17.5. The van der Waals surface area contributed by atoms with E-state index in [4.69, 9.17) is 14.7 Å². The molecule has 1 spiro atoms. The number of rotatable bonds is 11. The number of piperidine rings is 4. The lowest BCUT2D eigenvalue weighted by molar-refractivity contribution is -0.135. The molecule has 0 radical (unpaired) electrons. The SMILES string of the molecule is CCc1c(F)ccc2cc(O)cc(-c3ncc4c(N5CCC[C@@](C)(O)C5)nc(OC[C@@]56CCCN5[C@H](CC5C(N7CCC(c8ccc9c(c8)n(C)c(=O)n9C8CCC(=O)NC8=O)CC7)CC57CCN(C(=O)O)CC7)CC6)nc4c3F)c12. The number of aryl methyl sites for hydroxylation is 2. The molecule has 20 heteroatoms. The van der Waals surface area contributed by atoms with Crippen LogP contribution in [-0.2, 0) is 23.1 Å². The summed E-state index contributed by atoms with van der Waals surface area (Å²) in [5.41, 5.74) is 1.62. The van der Waals surface area contributed by atoms with Crippen LogP contribution in [0.1, 0.15) is 127 Å². The number of anilines is 1. The number of phenolic OH excluding ortho intramolecular Hbond substituents is 1. The van der Waals surface area contributed by atoms with Crippen molar-refractivity contribution in [3.05, 3.63) is 81.9 Å². The number of imide groups is 1. The van der Waals surface area contributed by atoms with E-state index < -0.39 is 35.3 Å². The van der Waals surface area contributed by atoms with Crippen LogP contribution in [0, 0.1) is 23.0 Å². The Balaban J connectivity index is 0.754. The number of aliphatic hydroxyl groups is 1. The summed E-state index contributed by atoms with van der Waals surface area (Å²) in [4.78, 5) is 73.8. The van der Waals surface area contributed by atoms with Crippen LogP contribution in [0.4, 0.5) is 19.4 Å². The number of imidazole rings is 1. The number of phenols is 1. The van der Waals surface area contributed by atoms with Gasteiger partial charge in [-0.25, -0.2) is 18.4 Å². The van der Waals surface area contributed by atoms with Gasteiger partial charge < -0.3 is 34.8 Å². The molecule has 7 aliphatic rings. The summed E-state index contributed by atoms with van der Waals surface area (Å²) < 4.78 is 42.7. The Morgan fingerprint density at radius 2 is 1.69 bits per heavy atom. The molecule has 3 aromatic heterocycles. The quantitative estimate of drug-likeness (QED) is 0.0902. The number of aromatic nitrogens is 5. The van der Waals surface area contributed by atoms with Gasteiger partial charge in [0.25, 0.3) is 0 Å². The molecule has 9 heterocycles. The van der Waals surface area contributed by atoms with Gasteiger partial charge in [0.15, 0.2) is 5.82 Å². The van der Waals surface area contributed by atoms with Crippen molar-refractivity contribution in [3.8, 4) is 23.0 Å². The first-order chi connectivity index (χ1) is 38.9. The Bertz CT molecular complexity index is 3590. The number of likely N-dealkylation sites (tertiary alicyclic amines) is 2. The van der Waals surface area contributed by atoms with Crippen molar-refractivity contribution in [2.24, 2.45) is 18.4 Å². The van der Waals surface area contributed by atoms with E-state index in [0.29, 0.717) is 90.5 Å². The summed E-state index contributed by atoms with van der Waals surface area (Å²) in [5.74, 6) is -0.985. The van der Waals surface area contributed by atoms with E-state index in [1.54, 1.807) is 29.5 Å². The molecule has 0 bridgehead atoms. The number of fused-ring (bicyclic) bond motifs is 4. The molecule has 4 N–H and O–H groups in total. The number of aromatic hydroxyl groups is 1. The fraction of sp³-hybridized carbons (Fsp3) is 0.557. The third-order valence-electron chi connectivity index (χ3n) is 20.4. The lowest BCUT2D eigenvalue weighted by atomic mass is 9.50. The molecule has 6 atom stereocenters. The minimum Gasteiger partial charge on any atom is -0.508 e. The molecule has 1 aliphatic carbocycles. The van der Waals surface area contributed by atoms with Crippen molar-refractivity contribution < 1.29 is 43.2 Å². The number of carbonyl (C=O) groups excluding carboxylic acids is 2. The number of amides is 3. The Morgan fingerprint density at radius 3 is 2.44 bits per heavy atom. The molecule has 428 valence electrons. The van der Waals surface area contributed by atoms with Crippen molar-refractivity contribution in [1.82, 2.24) is 44.1 Å². The second-order valence-corrected chi connectivity index (χ2v) is 25.0.